The van der Waals surface area contributed by atoms with Crippen molar-refractivity contribution in [3.8, 4) is 5.75 Å². The van der Waals surface area contributed by atoms with Gasteiger partial charge in [0.2, 0.25) is 10.0 Å². The van der Waals surface area contributed by atoms with Gasteiger partial charge in [0, 0.05) is 26.1 Å². The molecule has 0 aliphatic rings. The summed E-state index contributed by atoms with van der Waals surface area (Å²) >= 11 is 0. The van der Waals surface area contributed by atoms with E-state index in [2.05, 4.69) is 0 Å². The Kier molecular flexibility index (Phi) is 6.98. The van der Waals surface area contributed by atoms with Crippen molar-refractivity contribution in [3.05, 3.63) is 24.3 Å². The first-order chi connectivity index (χ1) is 9.56. The number of hydrogen-bond donors (Lipinski definition) is 1. The van der Waals surface area contributed by atoms with E-state index in [9.17, 15) is 8.42 Å². The Hall–Kier alpha value is -1.11. The Morgan fingerprint density at radius 3 is 2.35 bits per heavy atom. The van der Waals surface area contributed by atoms with Gasteiger partial charge in [0.1, 0.15) is 5.75 Å². The first-order valence-corrected chi connectivity index (χ1v) is 8.34. The van der Waals surface area contributed by atoms with Gasteiger partial charge in [-0.15, -0.1) is 0 Å². The van der Waals surface area contributed by atoms with Crippen LogP contribution in [0.2, 0.25) is 0 Å². The lowest BCUT2D eigenvalue weighted by Gasteiger charge is -2.19. The maximum absolute atomic E-state index is 12.4. The van der Waals surface area contributed by atoms with Gasteiger partial charge in [-0.2, -0.15) is 4.31 Å². The van der Waals surface area contributed by atoms with Gasteiger partial charge in [-0.3, -0.25) is 0 Å². The standard InChI is InChI=1S/C14H23NO4S/c1-3-10-15(4-2)20(17,18)14-8-6-13(7-9-14)19-12-5-11-16/h6-9,16H,3-5,10-12H2,1-2H3. The fraction of sp³-hybridized carbons (Fsp3) is 0.571. The highest BCUT2D eigenvalue weighted by Gasteiger charge is 2.21. The Labute approximate surface area is 121 Å². The molecule has 1 aromatic carbocycles. The third kappa shape index (κ3) is 4.47. The predicted octanol–water partition coefficient (Wildman–Crippen LogP) is 1.87. The van der Waals surface area contributed by atoms with Crippen molar-refractivity contribution in [2.24, 2.45) is 0 Å². The van der Waals surface area contributed by atoms with E-state index >= 15 is 0 Å². The van der Waals surface area contributed by atoms with Gasteiger partial charge in [-0.1, -0.05) is 13.8 Å². The van der Waals surface area contributed by atoms with E-state index in [4.69, 9.17) is 9.84 Å². The summed E-state index contributed by atoms with van der Waals surface area (Å²) in [6, 6.07) is 6.40. The second-order valence-electron chi connectivity index (χ2n) is 4.39. The first-order valence-electron chi connectivity index (χ1n) is 6.90. The summed E-state index contributed by atoms with van der Waals surface area (Å²) in [5.41, 5.74) is 0. The molecule has 1 aromatic rings. The van der Waals surface area contributed by atoms with E-state index in [1.165, 1.54) is 4.31 Å². The smallest absolute Gasteiger partial charge is 0.243 e. The van der Waals surface area contributed by atoms with Crippen molar-refractivity contribution in [2.75, 3.05) is 26.3 Å². The third-order valence-electron chi connectivity index (χ3n) is 2.86. The first kappa shape index (κ1) is 16.9. The lowest BCUT2D eigenvalue weighted by molar-refractivity contribution is 0.233. The summed E-state index contributed by atoms with van der Waals surface area (Å²) in [6.45, 7) is 5.27. The van der Waals surface area contributed by atoms with Crippen LogP contribution in [-0.2, 0) is 10.0 Å². The lowest BCUT2D eigenvalue weighted by Crippen LogP contribution is -2.31. The quantitative estimate of drug-likeness (QED) is 0.707. The summed E-state index contributed by atoms with van der Waals surface area (Å²) in [5, 5.41) is 8.67. The Balaban J connectivity index is 2.80. The predicted molar refractivity (Wildman–Crippen MR) is 78.4 cm³/mol. The monoisotopic (exact) mass is 301 g/mol. The van der Waals surface area contributed by atoms with Crippen molar-refractivity contribution >= 4 is 10.0 Å². The molecule has 0 spiro atoms. The molecule has 5 nitrogen and oxygen atoms in total. The van der Waals surface area contributed by atoms with Gasteiger partial charge < -0.3 is 9.84 Å². The molecule has 114 valence electrons. The van der Waals surface area contributed by atoms with Crippen LogP contribution in [0.15, 0.2) is 29.2 Å². The van der Waals surface area contributed by atoms with E-state index < -0.39 is 10.0 Å². The van der Waals surface area contributed by atoms with Gasteiger partial charge in [-0.05, 0) is 30.7 Å². The molecule has 0 saturated carbocycles. The van der Waals surface area contributed by atoms with Crippen molar-refractivity contribution in [1.29, 1.82) is 0 Å². The Morgan fingerprint density at radius 2 is 1.85 bits per heavy atom. The molecule has 0 unspecified atom stereocenters. The SMILES string of the molecule is CCCN(CC)S(=O)(=O)c1ccc(OCCCO)cc1. The van der Waals surface area contributed by atoms with E-state index in [0.29, 0.717) is 31.9 Å². The highest BCUT2D eigenvalue weighted by atomic mass is 32.2. The maximum Gasteiger partial charge on any atom is 0.243 e. The number of aliphatic hydroxyl groups excluding tert-OH is 1. The molecule has 1 rings (SSSR count). The topological polar surface area (TPSA) is 66.8 Å². The molecule has 0 aromatic heterocycles. The van der Waals surface area contributed by atoms with Gasteiger partial charge in [0.25, 0.3) is 0 Å². The number of rotatable bonds is 9. The van der Waals surface area contributed by atoms with Crippen LogP contribution >= 0.6 is 0 Å². The molecule has 0 fully saturated rings. The summed E-state index contributed by atoms with van der Waals surface area (Å²) in [4.78, 5) is 0.280. The molecule has 1 N–H and O–H groups in total. The average Bonchev–Trinajstić information content (AvgIpc) is 2.45. The van der Waals surface area contributed by atoms with Crippen molar-refractivity contribution in [2.45, 2.75) is 31.6 Å². The van der Waals surface area contributed by atoms with Crippen LogP contribution in [-0.4, -0.2) is 44.1 Å². The molecule has 6 heteroatoms. The van der Waals surface area contributed by atoms with Crippen LogP contribution in [0.1, 0.15) is 26.7 Å². The average molecular weight is 301 g/mol. The van der Waals surface area contributed by atoms with Gasteiger partial charge in [0.15, 0.2) is 0 Å². The van der Waals surface area contributed by atoms with Gasteiger partial charge in [-0.25, -0.2) is 8.42 Å². The van der Waals surface area contributed by atoms with E-state index in [-0.39, 0.29) is 11.5 Å². The molecule has 0 bridgehead atoms. The molecule has 0 radical (unpaired) electrons. The second-order valence-corrected chi connectivity index (χ2v) is 6.33. The number of benzene rings is 1. The Bertz CT molecular complexity index is 484. The Morgan fingerprint density at radius 1 is 1.20 bits per heavy atom. The van der Waals surface area contributed by atoms with Crippen LogP contribution in [0.4, 0.5) is 0 Å². The van der Waals surface area contributed by atoms with Crippen molar-refractivity contribution in [3.63, 3.8) is 0 Å². The highest BCUT2D eigenvalue weighted by Crippen LogP contribution is 2.19. The molecule has 0 saturated heterocycles. The number of sulfonamides is 1. The zero-order valence-electron chi connectivity index (χ0n) is 12.1. The van der Waals surface area contributed by atoms with Crippen LogP contribution < -0.4 is 4.74 Å². The molecule has 0 aliphatic carbocycles. The number of aliphatic hydroxyl groups is 1. The third-order valence-corrected chi connectivity index (χ3v) is 4.85. The van der Waals surface area contributed by atoms with Crippen LogP contribution in [0.25, 0.3) is 0 Å². The lowest BCUT2D eigenvalue weighted by atomic mass is 10.3. The summed E-state index contributed by atoms with van der Waals surface area (Å²) in [7, 11) is -3.42. The summed E-state index contributed by atoms with van der Waals surface area (Å²) in [6.07, 6.45) is 1.34. The van der Waals surface area contributed by atoms with Crippen molar-refractivity contribution < 1.29 is 18.3 Å². The molecule has 0 heterocycles. The van der Waals surface area contributed by atoms with Crippen LogP contribution in [0, 0.1) is 0 Å². The van der Waals surface area contributed by atoms with E-state index in [1.54, 1.807) is 24.3 Å². The molecular formula is C14H23NO4S. The summed E-state index contributed by atoms with van der Waals surface area (Å²) < 4.78 is 31.6. The fourth-order valence-electron chi connectivity index (χ4n) is 1.81. The molecule has 20 heavy (non-hydrogen) atoms. The molecule has 0 amide bonds. The van der Waals surface area contributed by atoms with Crippen LogP contribution in [0.3, 0.4) is 0 Å². The number of hydrogen-bond acceptors (Lipinski definition) is 4. The second kappa shape index (κ2) is 8.24. The number of ether oxygens (including phenoxy) is 1. The zero-order valence-corrected chi connectivity index (χ0v) is 12.9. The zero-order chi connectivity index (χ0) is 15.0. The van der Waals surface area contributed by atoms with Gasteiger partial charge in [0.05, 0.1) is 11.5 Å². The normalized spacial score (nSPS) is 11.8. The maximum atomic E-state index is 12.4. The minimum Gasteiger partial charge on any atom is -0.494 e. The van der Waals surface area contributed by atoms with Crippen LogP contribution in [0.5, 0.6) is 5.75 Å². The highest BCUT2D eigenvalue weighted by molar-refractivity contribution is 7.89. The number of nitrogens with zero attached hydrogens (tertiary/aromatic N) is 1. The molecular weight excluding hydrogens is 278 g/mol. The minimum atomic E-state index is -3.42. The van der Waals surface area contributed by atoms with Gasteiger partial charge >= 0.3 is 0 Å². The molecule has 0 atom stereocenters. The summed E-state index contributed by atoms with van der Waals surface area (Å²) in [5.74, 6) is 0.607. The van der Waals surface area contributed by atoms with Crippen molar-refractivity contribution in [1.82, 2.24) is 4.31 Å². The largest absolute Gasteiger partial charge is 0.494 e. The fourth-order valence-corrected chi connectivity index (χ4v) is 3.35. The minimum absolute atomic E-state index is 0.0783. The van der Waals surface area contributed by atoms with E-state index in [0.717, 1.165) is 6.42 Å². The van der Waals surface area contributed by atoms with E-state index in [1.807, 2.05) is 13.8 Å². The molecule has 0 aliphatic heterocycles.